The van der Waals surface area contributed by atoms with Gasteiger partial charge < -0.3 is 31.3 Å². The van der Waals surface area contributed by atoms with Crippen LogP contribution in [-0.2, 0) is 9.59 Å². The van der Waals surface area contributed by atoms with E-state index in [9.17, 15) is 19.8 Å². The summed E-state index contributed by atoms with van der Waals surface area (Å²) in [5, 5.41) is 22.6. The van der Waals surface area contributed by atoms with Gasteiger partial charge in [-0.15, -0.1) is 0 Å². The van der Waals surface area contributed by atoms with Crippen molar-refractivity contribution in [1.82, 2.24) is 0 Å². The number of quaternary nitrogens is 2. The second-order valence-electron chi connectivity index (χ2n) is 7.43. The Bertz CT molecular complexity index is 412. The maximum absolute atomic E-state index is 11.3. The second-order valence-corrected chi connectivity index (χ2v) is 7.43. The molecule has 4 atom stereocenters. The van der Waals surface area contributed by atoms with Crippen molar-refractivity contribution < 1.29 is 31.3 Å². The number of carboxylic acid groups (broad SMARTS) is 2. The minimum absolute atomic E-state index is 0.395. The summed E-state index contributed by atoms with van der Waals surface area (Å²) in [5.74, 6) is -1.42. The van der Waals surface area contributed by atoms with Gasteiger partial charge in [0.05, 0.1) is 11.9 Å². The highest BCUT2D eigenvalue weighted by molar-refractivity contribution is 5.72. The average molecular weight is 282 g/mol. The highest BCUT2D eigenvalue weighted by atomic mass is 16.4. The second kappa shape index (κ2) is 4.18. The van der Waals surface area contributed by atoms with E-state index >= 15 is 0 Å². The molecule has 6 N–H and O–H groups in total. The molecule has 6 nitrogen and oxygen atoms in total. The number of rotatable bonds is 4. The molecule has 112 valence electrons. The largest absolute Gasteiger partial charge is 0.544 e. The van der Waals surface area contributed by atoms with Gasteiger partial charge in [0, 0.05) is 10.8 Å². The first-order valence-electron chi connectivity index (χ1n) is 7.36. The highest BCUT2D eigenvalue weighted by Crippen LogP contribution is 2.66. The van der Waals surface area contributed by atoms with Gasteiger partial charge in [-0.25, -0.2) is 0 Å². The van der Waals surface area contributed by atoms with E-state index in [1.807, 2.05) is 0 Å². The molecule has 0 saturated heterocycles. The summed E-state index contributed by atoms with van der Waals surface area (Å²) in [7, 11) is 0. The molecule has 0 aliphatic heterocycles. The molecule has 0 aromatic carbocycles. The van der Waals surface area contributed by atoms with E-state index in [2.05, 4.69) is 11.5 Å². The minimum atomic E-state index is -1.11. The molecule has 4 aliphatic carbocycles. The molecule has 4 fully saturated rings. The van der Waals surface area contributed by atoms with Crippen molar-refractivity contribution in [2.75, 3.05) is 0 Å². The van der Waals surface area contributed by atoms with Gasteiger partial charge in [0.2, 0.25) is 0 Å². The number of hydrogen-bond donors (Lipinski definition) is 2. The zero-order chi connectivity index (χ0) is 14.7. The van der Waals surface area contributed by atoms with Crippen molar-refractivity contribution >= 4 is 11.9 Å². The molecule has 0 amide bonds. The van der Waals surface area contributed by atoms with Crippen molar-refractivity contribution in [2.24, 2.45) is 22.7 Å². The van der Waals surface area contributed by atoms with E-state index in [0.717, 1.165) is 32.1 Å². The van der Waals surface area contributed by atoms with Gasteiger partial charge in [0.25, 0.3) is 0 Å². The van der Waals surface area contributed by atoms with Crippen LogP contribution in [0.1, 0.15) is 38.5 Å². The molecule has 4 saturated carbocycles. The summed E-state index contributed by atoms with van der Waals surface area (Å²) in [6.45, 7) is 0. The van der Waals surface area contributed by atoms with E-state index < -0.39 is 34.9 Å². The molecule has 20 heavy (non-hydrogen) atoms. The molecule has 0 radical (unpaired) electrons. The fraction of sp³-hybridized carbons (Fsp3) is 0.857. The predicted molar refractivity (Wildman–Crippen MR) is 62.9 cm³/mol. The van der Waals surface area contributed by atoms with Crippen LogP contribution in [-0.4, -0.2) is 24.0 Å². The fourth-order valence-corrected chi connectivity index (χ4v) is 5.72. The van der Waals surface area contributed by atoms with Crippen LogP contribution in [0.15, 0.2) is 0 Å². The molecule has 0 aromatic heterocycles. The third-order valence-corrected chi connectivity index (χ3v) is 6.20. The fourth-order valence-electron chi connectivity index (χ4n) is 5.72. The zero-order valence-corrected chi connectivity index (χ0v) is 11.6. The first kappa shape index (κ1) is 13.8. The Morgan fingerprint density at radius 1 is 0.900 bits per heavy atom. The maximum atomic E-state index is 11.3. The van der Waals surface area contributed by atoms with Crippen molar-refractivity contribution in [3.05, 3.63) is 0 Å². The van der Waals surface area contributed by atoms with Crippen molar-refractivity contribution in [3.63, 3.8) is 0 Å². The lowest BCUT2D eigenvalue weighted by atomic mass is 9.41. The number of hydrogen-bond acceptors (Lipinski definition) is 4. The molecule has 2 unspecified atom stereocenters. The van der Waals surface area contributed by atoms with E-state index in [0.29, 0.717) is 18.3 Å². The molecular formula is C14H22N2O4. The molecule has 4 bridgehead atoms. The van der Waals surface area contributed by atoms with Gasteiger partial charge in [0.1, 0.15) is 12.1 Å². The molecular weight excluding hydrogens is 260 g/mol. The summed E-state index contributed by atoms with van der Waals surface area (Å²) in [5.41, 5.74) is 6.85. The SMILES string of the molecule is [NH3+][C@H](C(=O)[O-])C12CC3CC(C1)CC([C@@H]([NH3+])C(=O)[O-])(C3)C2. The maximum Gasteiger partial charge on any atom is 0.130 e. The summed E-state index contributed by atoms with van der Waals surface area (Å²) < 4.78 is 0. The lowest BCUT2D eigenvalue weighted by molar-refractivity contribution is -0.489. The first-order valence-corrected chi connectivity index (χ1v) is 7.36. The van der Waals surface area contributed by atoms with Gasteiger partial charge in [-0.3, -0.25) is 0 Å². The van der Waals surface area contributed by atoms with Gasteiger partial charge >= 0.3 is 0 Å². The van der Waals surface area contributed by atoms with E-state index in [4.69, 9.17) is 0 Å². The normalized spacial score (nSPS) is 45.1. The van der Waals surface area contributed by atoms with Crippen LogP contribution in [0, 0.1) is 22.7 Å². The van der Waals surface area contributed by atoms with Crippen LogP contribution < -0.4 is 21.7 Å². The Morgan fingerprint density at radius 3 is 1.55 bits per heavy atom. The van der Waals surface area contributed by atoms with Gasteiger partial charge in [0.15, 0.2) is 0 Å². The standard InChI is InChI=1S/C14H22N2O4/c15-9(11(17)18)13-2-7-1-8(4-13)5-14(3-7,6-13)10(16)12(19)20/h7-10H,1-6,15-16H2,(H,17,18)(H,19,20)/t7?,8?,9-,10+,13?,14?. The summed E-state index contributed by atoms with van der Waals surface area (Å²) in [4.78, 5) is 22.6. The monoisotopic (exact) mass is 282 g/mol. The average Bonchev–Trinajstić information content (AvgIpc) is 2.35. The van der Waals surface area contributed by atoms with Gasteiger partial charge in [-0.1, -0.05) is 0 Å². The summed E-state index contributed by atoms with van der Waals surface area (Å²) in [6, 6.07) is -1.52. The number of carbonyl (C=O) groups is 2. The van der Waals surface area contributed by atoms with E-state index in [1.54, 1.807) is 0 Å². The van der Waals surface area contributed by atoms with Crippen LogP contribution in [0.5, 0.6) is 0 Å². The van der Waals surface area contributed by atoms with Crippen LogP contribution >= 0.6 is 0 Å². The van der Waals surface area contributed by atoms with Gasteiger partial charge in [-0.05, 0) is 50.4 Å². The van der Waals surface area contributed by atoms with E-state index in [1.165, 1.54) is 0 Å². The lowest BCUT2D eigenvalue weighted by Gasteiger charge is -2.63. The highest BCUT2D eigenvalue weighted by Gasteiger charge is 2.63. The minimum Gasteiger partial charge on any atom is -0.544 e. The summed E-state index contributed by atoms with van der Waals surface area (Å²) >= 11 is 0. The Hall–Kier alpha value is -1.14. The Labute approximate surface area is 117 Å². The molecule has 4 rings (SSSR count). The van der Waals surface area contributed by atoms with Crippen molar-refractivity contribution in [2.45, 2.75) is 50.6 Å². The topological polar surface area (TPSA) is 136 Å². The molecule has 6 heteroatoms. The first-order chi connectivity index (χ1) is 9.28. The lowest BCUT2D eigenvalue weighted by Crippen LogP contribution is -2.82. The van der Waals surface area contributed by atoms with Crippen LogP contribution in [0.25, 0.3) is 0 Å². The molecule has 0 spiro atoms. The van der Waals surface area contributed by atoms with Gasteiger partial charge in [-0.2, -0.15) is 0 Å². The quantitative estimate of drug-likeness (QED) is 0.548. The van der Waals surface area contributed by atoms with Crippen molar-refractivity contribution in [1.29, 1.82) is 0 Å². The number of carbonyl (C=O) groups excluding carboxylic acids is 2. The van der Waals surface area contributed by atoms with Crippen LogP contribution in [0.3, 0.4) is 0 Å². The number of aliphatic carboxylic acids is 2. The van der Waals surface area contributed by atoms with E-state index in [-0.39, 0.29) is 0 Å². The van der Waals surface area contributed by atoms with Crippen LogP contribution in [0.2, 0.25) is 0 Å². The van der Waals surface area contributed by atoms with Crippen molar-refractivity contribution in [3.8, 4) is 0 Å². The summed E-state index contributed by atoms with van der Waals surface area (Å²) in [6.07, 6.45) is 5.04. The predicted octanol–water partition coefficient (Wildman–Crippen LogP) is -3.71. The Kier molecular flexibility index (Phi) is 2.89. The smallest absolute Gasteiger partial charge is 0.130 e. The Morgan fingerprint density at radius 2 is 1.25 bits per heavy atom. The zero-order valence-electron chi connectivity index (χ0n) is 11.6. The molecule has 0 heterocycles. The third kappa shape index (κ3) is 1.78. The van der Waals surface area contributed by atoms with Crippen LogP contribution in [0.4, 0.5) is 0 Å². The molecule has 0 aromatic rings. The molecule has 4 aliphatic rings. The number of carboxylic acids is 2. The third-order valence-electron chi connectivity index (χ3n) is 6.20. The Balaban J connectivity index is 1.97.